The van der Waals surface area contributed by atoms with Gasteiger partial charge >= 0.3 is 0 Å². The van der Waals surface area contributed by atoms with Gasteiger partial charge < -0.3 is 4.90 Å². The van der Waals surface area contributed by atoms with Crippen molar-refractivity contribution in [2.75, 3.05) is 13.1 Å². The van der Waals surface area contributed by atoms with Crippen LogP contribution in [-0.4, -0.2) is 51.2 Å². The lowest BCUT2D eigenvalue weighted by Crippen LogP contribution is -2.51. The van der Waals surface area contributed by atoms with Gasteiger partial charge in [-0.25, -0.2) is 5.43 Å². The molecule has 3 aliphatic heterocycles. The standard InChI is InChI=1S/C27H28N4O3S/c1-18(32)27(20-10-6-3-7-11-20)13-16-30(17-14-27)25(34)23(19-8-4-2-5-9-19)31-15-12-21-22(26(31)35)24(33)29-28-21/h2-12,15,21-23,28H,13-14,16-17H2,1H3,(H,29,33)/p+1. The largest absolute Gasteiger partial charge is 0.337 e. The van der Waals surface area contributed by atoms with E-state index < -0.39 is 17.4 Å². The number of thiol groups is 1. The number of carbonyl (C=O) groups is 3. The Bertz CT molecular complexity index is 1200. The first-order valence-corrected chi connectivity index (χ1v) is 12.4. The van der Waals surface area contributed by atoms with E-state index in [4.69, 9.17) is 12.6 Å². The lowest BCUT2D eigenvalue weighted by Gasteiger charge is -2.41. The molecule has 0 bridgehead atoms. The average Bonchev–Trinajstić information content (AvgIpc) is 3.28. The van der Waals surface area contributed by atoms with Crippen molar-refractivity contribution in [3.05, 3.63) is 84.1 Å². The number of rotatable bonds is 5. The first-order valence-electron chi connectivity index (χ1n) is 11.9. The molecule has 3 heterocycles. The van der Waals surface area contributed by atoms with Crippen molar-refractivity contribution in [2.24, 2.45) is 5.92 Å². The fourth-order valence-electron chi connectivity index (χ4n) is 5.50. The van der Waals surface area contributed by atoms with Crippen LogP contribution < -0.4 is 10.9 Å². The van der Waals surface area contributed by atoms with Gasteiger partial charge in [-0.3, -0.25) is 19.8 Å². The lowest BCUT2D eigenvalue weighted by atomic mass is 9.70. The van der Waals surface area contributed by atoms with E-state index in [9.17, 15) is 14.4 Å². The molecule has 2 aromatic rings. The second kappa shape index (κ2) is 9.43. The SMILES string of the molecule is CC(=O)C1(c2ccccc2)CCN(C(=O)C(c2ccccc2)[N+]2=C(S)C3C(=O)NNC3C=C2)CC1. The van der Waals surface area contributed by atoms with E-state index in [2.05, 4.69) is 10.9 Å². The van der Waals surface area contributed by atoms with Gasteiger partial charge in [0.15, 0.2) is 12.1 Å². The molecule has 5 rings (SSSR count). The maximum atomic E-state index is 14.0. The molecular weight excluding hydrogens is 460 g/mol. The molecule has 2 saturated heterocycles. The summed E-state index contributed by atoms with van der Waals surface area (Å²) in [4.78, 5) is 41.1. The zero-order valence-electron chi connectivity index (χ0n) is 19.6. The highest BCUT2D eigenvalue weighted by atomic mass is 32.1. The van der Waals surface area contributed by atoms with Crippen LogP contribution in [-0.2, 0) is 19.8 Å². The van der Waals surface area contributed by atoms with Crippen molar-refractivity contribution in [3.8, 4) is 0 Å². The van der Waals surface area contributed by atoms with E-state index in [0.717, 1.165) is 11.1 Å². The second-order valence-corrected chi connectivity index (χ2v) is 9.85. The van der Waals surface area contributed by atoms with Crippen LogP contribution in [0.4, 0.5) is 0 Å². The molecule has 2 N–H and O–H groups in total. The van der Waals surface area contributed by atoms with Gasteiger partial charge in [-0.15, -0.1) is 0 Å². The van der Waals surface area contributed by atoms with Crippen molar-refractivity contribution in [3.63, 3.8) is 0 Å². The minimum atomic E-state index is -0.657. The van der Waals surface area contributed by atoms with E-state index in [0.29, 0.717) is 31.0 Å². The van der Waals surface area contributed by atoms with E-state index in [1.54, 1.807) is 11.5 Å². The number of likely N-dealkylation sites (tertiary alicyclic amines) is 1. The summed E-state index contributed by atoms with van der Waals surface area (Å²) >= 11 is 4.72. The minimum Gasteiger partial charge on any atom is -0.337 e. The van der Waals surface area contributed by atoms with Crippen LogP contribution in [0.25, 0.3) is 0 Å². The third-order valence-electron chi connectivity index (χ3n) is 7.56. The maximum Gasteiger partial charge on any atom is 0.296 e. The van der Waals surface area contributed by atoms with Crippen LogP contribution in [0.5, 0.6) is 0 Å². The molecule has 0 radical (unpaired) electrons. The van der Waals surface area contributed by atoms with E-state index >= 15 is 0 Å². The highest BCUT2D eigenvalue weighted by Gasteiger charge is 2.48. The smallest absolute Gasteiger partial charge is 0.296 e. The molecule has 7 nitrogen and oxygen atoms in total. The van der Waals surface area contributed by atoms with Crippen LogP contribution in [0.2, 0.25) is 0 Å². The maximum absolute atomic E-state index is 14.0. The Kier molecular flexibility index (Phi) is 6.34. The topological polar surface area (TPSA) is 81.5 Å². The fraction of sp³-hybridized carbons (Fsp3) is 0.333. The van der Waals surface area contributed by atoms with Gasteiger partial charge in [-0.1, -0.05) is 73.3 Å². The number of carbonyl (C=O) groups excluding carboxylic acids is 3. The van der Waals surface area contributed by atoms with Crippen LogP contribution in [0, 0.1) is 5.92 Å². The summed E-state index contributed by atoms with van der Waals surface area (Å²) in [6.07, 6.45) is 4.87. The molecule has 0 aromatic heterocycles. The summed E-state index contributed by atoms with van der Waals surface area (Å²) in [5, 5.41) is 0.529. The van der Waals surface area contributed by atoms with Crippen molar-refractivity contribution >= 4 is 35.3 Å². The lowest BCUT2D eigenvalue weighted by molar-refractivity contribution is -0.494. The third kappa shape index (κ3) is 4.10. The number of fused-ring (bicyclic) bond motifs is 1. The summed E-state index contributed by atoms with van der Waals surface area (Å²) < 4.78 is 1.80. The molecule has 0 spiro atoms. The van der Waals surface area contributed by atoms with Crippen molar-refractivity contribution in [2.45, 2.75) is 37.3 Å². The molecule has 35 heavy (non-hydrogen) atoms. The minimum absolute atomic E-state index is 0.0672. The van der Waals surface area contributed by atoms with Crippen molar-refractivity contribution in [1.82, 2.24) is 15.8 Å². The molecule has 2 fully saturated rings. The highest BCUT2D eigenvalue weighted by molar-refractivity contribution is 7.96. The van der Waals surface area contributed by atoms with Gasteiger partial charge in [-0.05, 0) is 31.4 Å². The molecule has 180 valence electrons. The van der Waals surface area contributed by atoms with Crippen LogP contribution in [0.3, 0.4) is 0 Å². The molecule has 2 amide bonds. The Labute approximate surface area is 210 Å². The first-order chi connectivity index (χ1) is 16.9. The number of hydrogen-bond acceptors (Lipinski definition) is 4. The number of nitrogens with one attached hydrogen (secondary N) is 2. The normalized spacial score (nSPS) is 24.1. The zero-order valence-corrected chi connectivity index (χ0v) is 20.4. The number of Topliss-reactive ketones (excluding diaryl/α,β-unsaturated/α-hetero) is 1. The molecule has 8 heteroatoms. The molecule has 2 aromatic carbocycles. The van der Waals surface area contributed by atoms with E-state index in [1.807, 2.05) is 77.8 Å². The van der Waals surface area contributed by atoms with Gasteiger partial charge in [0, 0.05) is 18.7 Å². The Morgan fingerprint density at radius 3 is 2.31 bits per heavy atom. The molecular formula is C27H29N4O3S+. The Morgan fingerprint density at radius 1 is 1.06 bits per heavy atom. The van der Waals surface area contributed by atoms with Crippen molar-refractivity contribution < 1.29 is 19.0 Å². The second-order valence-electron chi connectivity index (χ2n) is 9.39. The average molecular weight is 490 g/mol. The van der Waals surface area contributed by atoms with E-state index in [1.165, 1.54) is 0 Å². The van der Waals surface area contributed by atoms with Gasteiger partial charge in [-0.2, -0.15) is 4.58 Å². The number of ketones is 1. The summed E-state index contributed by atoms with van der Waals surface area (Å²) in [6.45, 7) is 2.60. The van der Waals surface area contributed by atoms with Crippen molar-refractivity contribution in [1.29, 1.82) is 0 Å². The van der Waals surface area contributed by atoms with E-state index in [-0.39, 0.29) is 23.6 Å². The number of amides is 2. The number of benzene rings is 2. The number of nitrogens with zero attached hydrogens (tertiary/aromatic N) is 2. The van der Waals surface area contributed by atoms with Gasteiger partial charge in [0.25, 0.3) is 11.9 Å². The number of piperidine rings is 1. The summed E-state index contributed by atoms with van der Waals surface area (Å²) in [7, 11) is 0. The Morgan fingerprint density at radius 2 is 1.69 bits per heavy atom. The molecule has 0 saturated carbocycles. The Hall–Kier alpha value is -3.23. The fourth-order valence-corrected chi connectivity index (χ4v) is 5.96. The molecule has 0 aliphatic carbocycles. The first kappa shape index (κ1) is 23.5. The van der Waals surface area contributed by atoms with Gasteiger partial charge in [0.05, 0.1) is 11.5 Å². The zero-order chi connectivity index (χ0) is 24.6. The predicted molar refractivity (Wildman–Crippen MR) is 136 cm³/mol. The van der Waals surface area contributed by atoms with Crippen LogP contribution >= 0.6 is 12.6 Å². The summed E-state index contributed by atoms with van der Waals surface area (Å²) in [5.41, 5.74) is 6.87. The molecule has 3 aliphatic rings. The highest BCUT2D eigenvalue weighted by Crippen LogP contribution is 2.38. The number of hydrogen-bond donors (Lipinski definition) is 3. The molecule has 3 unspecified atom stereocenters. The third-order valence-corrected chi connectivity index (χ3v) is 8.07. The Balaban J connectivity index is 1.46. The monoisotopic (exact) mass is 489 g/mol. The van der Waals surface area contributed by atoms with Gasteiger partial charge in [0.2, 0.25) is 11.0 Å². The molecule has 3 atom stereocenters. The summed E-state index contributed by atoms with van der Waals surface area (Å²) in [5.74, 6) is -0.596. The summed E-state index contributed by atoms with van der Waals surface area (Å²) in [6, 6.07) is 18.6. The van der Waals surface area contributed by atoms with Crippen LogP contribution in [0.15, 0.2) is 72.9 Å². The number of hydrazine groups is 1. The van der Waals surface area contributed by atoms with Crippen LogP contribution in [0.1, 0.15) is 36.9 Å². The predicted octanol–water partition coefficient (Wildman–Crippen LogP) is 2.36. The van der Waals surface area contributed by atoms with Gasteiger partial charge in [0.1, 0.15) is 5.78 Å². The quantitative estimate of drug-likeness (QED) is 0.445.